The van der Waals surface area contributed by atoms with E-state index in [-0.39, 0.29) is 11.7 Å². The highest BCUT2D eigenvalue weighted by molar-refractivity contribution is 5.83. The van der Waals surface area contributed by atoms with Gasteiger partial charge in [0.1, 0.15) is 11.6 Å². The molecule has 1 aromatic carbocycles. The van der Waals surface area contributed by atoms with Crippen molar-refractivity contribution in [3.05, 3.63) is 71.6 Å². The van der Waals surface area contributed by atoms with Crippen LogP contribution in [0, 0.1) is 12.7 Å². The molecule has 8 heteroatoms. The summed E-state index contributed by atoms with van der Waals surface area (Å²) in [7, 11) is 1.89. The normalized spacial score (nSPS) is 15.9. The van der Waals surface area contributed by atoms with Gasteiger partial charge in [-0.25, -0.2) is 19.0 Å². The zero-order valence-corrected chi connectivity index (χ0v) is 17.9. The molecular weight excluding hydrogens is 405 g/mol. The van der Waals surface area contributed by atoms with Gasteiger partial charge in [0.15, 0.2) is 5.82 Å². The minimum atomic E-state index is -0.208. The van der Waals surface area contributed by atoms with Gasteiger partial charge < -0.3 is 4.98 Å². The Balaban J connectivity index is 1.39. The molecule has 0 fully saturated rings. The fourth-order valence-electron chi connectivity index (χ4n) is 4.63. The Morgan fingerprint density at radius 1 is 1.12 bits per heavy atom. The lowest BCUT2D eigenvalue weighted by Gasteiger charge is -2.23. The summed E-state index contributed by atoms with van der Waals surface area (Å²) in [6.07, 6.45) is 5.75. The van der Waals surface area contributed by atoms with E-state index in [1.807, 2.05) is 55.3 Å². The van der Waals surface area contributed by atoms with E-state index in [1.54, 1.807) is 10.7 Å². The van der Waals surface area contributed by atoms with Gasteiger partial charge >= 0.3 is 0 Å². The Bertz CT molecular complexity index is 1460. The maximum atomic E-state index is 13.6. The van der Waals surface area contributed by atoms with Crippen molar-refractivity contribution in [1.29, 1.82) is 0 Å². The maximum absolute atomic E-state index is 13.6. The van der Waals surface area contributed by atoms with Crippen LogP contribution >= 0.6 is 0 Å². The van der Waals surface area contributed by atoms with Gasteiger partial charge in [0.2, 0.25) is 0 Å². The van der Waals surface area contributed by atoms with Crippen molar-refractivity contribution in [1.82, 2.24) is 34.5 Å². The molecule has 0 aliphatic carbocycles. The second-order valence-electron chi connectivity index (χ2n) is 8.43. The maximum Gasteiger partial charge on any atom is 0.197 e. The fourth-order valence-corrected chi connectivity index (χ4v) is 4.63. The van der Waals surface area contributed by atoms with Crippen molar-refractivity contribution in [3.63, 3.8) is 0 Å². The summed E-state index contributed by atoms with van der Waals surface area (Å²) >= 11 is 0. The monoisotopic (exact) mass is 427 g/mol. The second-order valence-corrected chi connectivity index (χ2v) is 8.43. The number of hydrogen-bond donors (Lipinski definition) is 1. The number of pyridine rings is 1. The third kappa shape index (κ3) is 3.10. The van der Waals surface area contributed by atoms with Gasteiger partial charge in [-0.15, -0.1) is 5.10 Å². The summed E-state index contributed by atoms with van der Waals surface area (Å²) in [6, 6.07) is 11.0. The lowest BCUT2D eigenvalue weighted by molar-refractivity contribution is 0.445. The van der Waals surface area contributed by atoms with Crippen LogP contribution in [0.5, 0.6) is 0 Å². The second kappa shape index (κ2) is 7.12. The zero-order chi connectivity index (χ0) is 21.8. The molecule has 6 rings (SSSR count). The summed E-state index contributed by atoms with van der Waals surface area (Å²) in [4.78, 5) is 13.1. The molecule has 0 saturated heterocycles. The molecule has 0 spiro atoms. The van der Waals surface area contributed by atoms with E-state index in [0.29, 0.717) is 5.82 Å². The molecule has 160 valence electrons. The van der Waals surface area contributed by atoms with Crippen molar-refractivity contribution in [2.24, 2.45) is 7.05 Å². The molecule has 5 aromatic rings. The third-order valence-corrected chi connectivity index (χ3v) is 6.20. The molecule has 1 aliphatic rings. The van der Waals surface area contributed by atoms with Crippen LogP contribution in [-0.2, 0) is 13.6 Å². The number of aromatic amines is 1. The summed E-state index contributed by atoms with van der Waals surface area (Å²) in [6.45, 7) is 2.79. The third-order valence-electron chi connectivity index (χ3n) is 6.20. The first-order chi connectivity index (χ1) is 15.5. The van der Waals surface area contributed by atoms with Crippen molar-refractivity contribution in [3.8, 4) is 22.8 Å². The summed E-state index contributed by atoms with van der Waals surface area (Å²) < 4.78 is 17.4. The molecule has 0 saturated carbocycles. The summed E-state index contributed by atoms with van der Waals surface area (Å²) in [5.41, 5.74) is 6.56. The molecule has 0 amide bonds. The van der Waals surface area contributed by atoms with Crippen molar-refractivity contribution in [2.45, 2.75) is 32.2 Å². The largest absolute Gasteiger partial charge is 0.351 e. The molecule has 1 N–H and O–H groups in total. The highest BCUT2D eigenvalue weighted by atomic mass is 19.1. The Kier molecular flexibility index (Phi) is 4.21. The smallest absolute Gasteiger partial charge is 0.197 e. The van der Waals surface area contributed by atoms with Crippen LogP contribution in [-0.4, -0.2) is 34.5 Å². The number of fused-ring (bicyclic) bond motifs is 2. The van der Waals surface area contributed by atoms with E-state index < -0.39 is 0 Å². The van der Waals surface area contributed by atoms with Gasteiger partial charge in [0, 0.05) is 31.3 Å². The first kappa shape index (κ1) is 18.9. The first-order valence-corrected chi connectivity index (χ1v) is 10.7. The number of halogens is 1. The van der Waals surface area contributed by atoms with E-state index in [2.05, 4.69) is 10.1 Å². The average Bonchev–Trinajstić information content (AvgIpc) is 3.50. The lowest BCUT2D eigenvalue weighted by atomic mass is 9.88. The van der Waals surface area contributed by atoms with Crippen LogP contribution in [0.25, 0.3) is 33.8 Å². The number of aryl methyl sites for hydroxylation is 3. The lowest BCUT2D eigenvalue weighted by Crippen LogP contribution is -2.18. The highest BCUT2D eigenvalue weighted by Crippen LogP contribution is 2.35. The van der Waals surface area contributed by atoms with E-state index >= 15 is 0 Å². The van der Waals surface area contributed by atoms with Gasteiger partial charge in [-0.05, 0) is 61.2 Å². The van der Waals surface area contributed by atoms with Crippen LogP contribution < -0.4 is 0 Å². The number of aromatic nitrogens is 7. The van der Waals surface area contributed by atoms with Gasteiger partial charge in [0.05, 0.1) is 28.6 Å². The van der Waals surface area contributed by atoms with E-state index in [9.17, 15) is 4.39 Å². The summed E-state index contributed by atoms with van der Waals surface area (Å²) in [5, 5.41) is 9.01. The van der Waals surface area contributed by atoms with Crippen LogP contribution in [0.4, 0.5) is 4.39 Å². The van der Waals surface area contributed by atoms with E-state index in [1.165, 1.54) is 6.07 Å². The molecule has 1 atom stereocenters. The molecule has 0 bridgehead atoms. The first-order valence-electron chi connectivity index (χ1n) is 10.7. The van der Waals surface area contributed by atoms with Gasteiger partial charge in [-0.1, -0.05) is 6.07 Å². The Hall–Kier alpha value is -3.81. The number of nitrogens with one attached hydrogen (secondary N) is 1. The number of rotatable bonds is 3. The van der Waals surface area contributed by atoms with Crippen molar-refractivity contribution in [2.75, 3.05) is 0 Å². The minimum absolute atomic E-state index is 0.116. The molecule has 1 unspecified atom stereocenters. The van der Waals surface area contributed by atoms with Gasteiger partial charge in [0.25, 0.3) is 0 Å². The van der Waals surface area contributed by atoms with Crippen LogP contribution in [0.3, 0.4) is 0 Å². The molecular formula is C24H22FN7. The molecule has 5 heterocycles. The van der Waals surface area contributed by atoms with Crippen LogP contribution in [0.1, 0.15) is 35.7 Å². The Labute approximate surface area is 183 Å². The molecule has 0 radical (unpaired) electrons. The van der Waals surface area contributed by atoms with Crippen molar-refractivity contribution >= 4 is 11.0 Å². The SMILES string of the molecule is Cc1cc(F)ccc1C1CCCn2nc(-c3cc4nc(-c5cnn(C)c5)ccc4[nH]3)nc21. The fraction of sp³-hybridized carbons (Fsp3) is 0.250. The molecule has 7 nitrogen and oxygen atoms in total. The summed E-state index contributed by atoms with van der Waals surface area (Å²) in [5.74, 6) is 1.50. The van der Waals surface area contributed by atoms with Crippen LogP contribution in [0.2, 0.25) is 0 Å². The molecule has 32 heavy (non-hydrogen) atoms. The topological polar surface area (TPSA) is 77.2 Å². The average molecular weight is 427 g/mol. The molecule has 4 aromatic heterocycles. The quantitative estimate of drug-likeness (QED) is 0.457. The zero-order valence-electron chi connectivity index (χ0n) is 17.9. The molecule has 1 aliphatic heterocycles. The standard InChI is InChI=1S/C24H22FN7/c1-14-10-16(25)5-6-17(14)18-4-3-9-32-24(18)29-23(30-32)22-11-21-20(28-22)8-7-19(27-21)15-12-26-31(2)13-15/h5-8,10-13,18,28H,3-4,9H2,1-2H3. The number of nitrogens with zero attached hydrogens (tertiary/aromatic N) is 6. The van der Waals surface area contributed by atoms with Crippen LogP contribution in [0.15, 0.2) is 48.8 Å². The highest BCUT2D eigenvalue weighted by Gasteiger charge is 2.27. The number of benzene rings is 1. The Morgan fingerprint density at radius 3 is 2.84 bits per heavy atom. The van der Waals surface area contributed by atoms with Gasteiger partial charge in [-0.2, -0.15) is 5.10 Å². The van der Waals surface area contributed by atoms with Gasteiger partial charge in [-0.3, -0.25) is 4.68 Å². The number of hydrogen-bond acceptors (Lipinski definition) is 4. The Morgan fingerprint density at radius 2 is 2.03 bits per heavy atom. The minimum Gasteiger partial charge on any atom is -0.351 e. The number of H-pyrrole nitrogens is 1. The predicted octanol–water partition coefficient (Wildman–Crippen LogP) is 4.60. The van der Waals surface area contributed by atoms with E-state index in [0.717, 1.165) is 64.3 Å². The van der Waals surface area contributed by atoms with Crippen molar-refractivity contribution < 1.29 is 4.39 Å². The predicted molar refractivity (Wildman–Crippen MR) is 120 cm³/mol. The van der Waals surface area contributed by atoms with E-state index in [4.69, 9.17) is 15.1 Å².